The number of hydrogen-bond donors (Lipinski definition) is 1. The van der Waals surface area contributed by atoms with Crippen molar-refractivity contribution in [1.82, 2.24) is 10.2 Å². The van der Waals surface area contributed by atoms with Crippen molar-refractivity contribution in [2.75, 3.05) is 32.8 Å². The number of nitrogens with zero attached hydrogens (tertiary/aromatic N) is 1. The predicted octanol–water partition coefficient (Wildman–Crippen LogP) is 3.11. The van der Waals surface area contributed by atoms with E-state index in [0.29, 0.717) is 12.1 Å². The lowest BCUT2D eigenvalue weighted by molar-refractivity contribution is -0.122. The molecule has 0 radical (unpaired) electrons. The summed E-state index contributed by atoms with van der Waals surface area (Å²) < 4.78 is 5.51. The summed E-state index contributed by atoms with van der Waals surface area (Å²) in [6.45, 7) is 6.13. The highest BCUT2D eigenvalue weighted by molar-refractivity contribution is 5.97. The fourth-order valence-corrected chi connectivity index (χ4v) is 4.31. The van der Waals surface area contributed by atoms with Crippen LogP contribution in [0.5, 0.6) is 0 Å². The maximum Gasteiger partial charge on any atom is 0.220 e. The van der Waals surface area contributed by atoms with Crippen molar-refractivity contribution in [3.63, 3.8) is 0 Å². The van der Waals surface area contributed by atoms with Crippen molar-refractivity contribution in [3.05, 3.63) is 35.4 Å². The standard InChI is InChI=1S/C22H32N2O3/c1-18-5-7-19(8-6-18)20(25)9-10-21(26)23-17-22(11-3-2-4-12-22)24-13-15-27-16-14-24/h5-8H,2-4,9-17H2,1H3,(H,23,26). The van der Waals surface area contributed by atoms with Gasteiger partial charge in [-0.2, -0.15) is 0 Å². The zero-order valence-corrected chi connectivity index (χ0v) is 16.5. The second-order valence-electron chi connectivity index (χ2n) is 7.95. The summed E-state index contributed by atoms with van der Waals surface area (Å²) in [4.78, 5) is 27.2. The zero-order chi connectivity index (χ0) is 19.1. The molecule has 0 aromatic heterocycles. The number of amides is 1. The number of nitrogens with one attached hydrogen (secondary N) is 1. The molecule has 1 aliphatic heterocycles. The van der Waals surface area contributed by atoms with Gasteiger partial charge in [-0.25, -0.2) is 0 Å². The van der Waals surface area contributed by atoms with Gasteiger partial charge in [0.15, 0.2) is 5.78 Å². The lowest BCUT2D eigenvalue weighted by atomic mass is 9.79. The van der Waals surface area contributed by atoms with Gasteiger partial charge in [-0.15, -0.1) is 0 Å². The van der Waals surface area contributed by atoms with E-state index in [1.165, 1.54) is 19.3 Å². The highest BCUT2D eigenvalue weighted by atomic mass is 16.5. The van der Waals surface area contributed by atoms with Crippen molar-refractivity contribution < 1.29 is 14.3 Å². The number of morpholine rings is 1. The molecule has 1 saturated heterocycles. The van der Waals surface area contributed by atoms with Gasteiger partial charge in [-0.05, 0) is 19.8 Å². The Hall–Kier alpha value is -1.72. The summed E-state index contributed by atoms with van der Waals surface area (Å²) in [6.07, 6.45) is 6.51. The molecular formula is C22H32N2O3. The molecule has 1 aromatic carbocycles. The van der Waals surface area contributed by atoms with E-state index in [1.807, 2.05) is 31.2 Å². The fraction of sp³-hybridized carbons (Fsp3) is 0.636. The van der Waals surface area contributed by atoms with E-state index in [-0.39, 0.29) is 30.1 Å². The van der Waals surface area contributed by atoms with E-state index in [0.717, 1.165) is 44.7 Å². The first-order valence-corrected chi connectivity index (χ1v) is 10.3. The highest BCUT2D eigenvalue weighted by Crippen LogP contribution is 2.33. The number of ketones is 1. The molecule has 0 unspecified atom stereocenters. The van der Waals surface area contributed by atoms with E-state index in [2.05, 4.69) is 10.2 Å². The Bertz CT molecular complexity index is 629. The Kier molecular flexibility index (Phi) is 7.02. The maximum atomic E-state index is 12.4. The number of Topliss-reactive ketones (excluding diaryl/α,β-unsaturated/α-hetero) is 1. The summed E-state index contributed by atoms with van der Waals surface area (Å²) >= 11 is 0. The zero-order valence-electron chi connectivity index (χ0n) is 16.5. The summed E-state index contributed by atoms with van der Waals surface area (Å²) in [5.41, 5.74) is 1.88. The van der Waals surface area contributed by atoms with Gasteiger partial charge >= 0.3 is 0 Å². The largest absolute Gasteiger partial charge is 0.379 e. The first-order valence-electron chi connectivity index (χ1n) is 10.3. The van der Waals surface area contributed by atoms with Gasteiger partial charge in [-0.3, -0.25) is 14.5 Å². The fourth-order valence-electron chi connectivity index (χ4n) is 4.31. The molecule has 1 heterocycles. The molecule has 5 heteroatoms. The minimum absolute atomic E-state index is 0.0198. The molecule has 0 spiro atoms. The number of ether oxygens (including phenoxy) is 1. The first kappa shape index (κ1) is 20.0. The molecule has 3 rings (SSSR count). The molecule has 1 aromatic rings. The van der Waals surface area contributed by atoms with Gasteiger partial charge in [0.2, 0.25) is 5.91 Å². The summed E-state index contributed by atoms with van der Waals surface area (Å²) in [5.74, 6) is 0.0133. The number of benzene rings is 1. The van der Waals surface area contributed by atoms with Crippen LogP contribution in [0, 0.1) is 6.92 Å². The molecule has 0 bridgehead atoms. The van der Waals surface area contributed by atoms with E-state index < -0.39 is 0 Å². The minimum atomic E-state index is -0.0198. The van der Waals surface area contributed by atoms with E-state index >= 15 is 0 Å². The number of carbonyl (C=O) groups is 2. The van der Waals surface area contributed by atoms with Crippen molar-refractivity contribution in [1.29, 1.82) is 0 Å². The summed E-state index contributed by atoms with van der Waals surface area (Å²) in [5, 5.41) is 3.13. The third kappa shape index (κ3) is 5.39. The van der Waals surface area contributed by atoms with Gasteiger partial charge in [-0.1, -0.05) is 49.1 Å². The summed E-state index contributed by atoms with van der Waals surface area (Å²) in [7, 11) is 0. The molecule has 2 fully saturated rings. The third-order valence-electron chi connectivity index (χ3n) is 6.03. The molecular weight excluding hydrogens is 340 g/mol. The van der Waals surface area contributed by atoms with E-state index in [9.17, 15) is 9.59 Å². The van der Waals surface area contributed by atoms with Crippen LogP contribution < -0.4 is 5.32 Å². The van der Waals surface area contributed by atoms with Crippen molar-refractivity contribution >= 4 is 11.7 Å². The van der Waals surface area contributed by atoms with Crippen LogP contribution >= 0.6 is 0 Å². The molecule has 5 nitrogen and oxygen atoms in total. The molecule has 27 heavy (non-hydrogen) atoms. The van der Waals surface area contributed by atoms with Crippen LogP contribution in [0.4, 0.5) is 0 Å². The van der Waals surface area contributed by atoms with Gasteiger partial charge in [0, 0.05) is 43.6 Å². The normalized spacial score (nSPS) is 20.2. The molecule has 1 amide bonds. The first-order chi connectivity index (χ1) is 13.1. The van der Waals surface area contributed by atoms with E-state index in [4.69, 9.17) is 4.74 Å². The molecule has 1 saturated carbocycles. The quantitative estimate of drug-likeness (QED) is 0.747. The average molecular weight is 373 g/mol. The Balaban J connectivity index is 1.50. The average Bonchev–Trinajstić information content (AvgIpc) is 2.72. The molecule has 2 aliphatic rings. The van der Waals surface area contributed by atoms with Crippen molar-refractivity contribution in [3.8, 4) is 0 Å². The van der Waals surface area contributed by atoms with Crippen LogP contribution in [-0.2, 0) is 9.53 Å². The SMILES string of the molecule is Cc1ccc(C(=O)CCC(=O)NCC2(N3CCOCC3)CCCCC2)cc1. The van der Waals surface area contributed by atoms with Gasteiger partial charge < -0.3 is 10.1 Å². The Morgan fingerprint density at radius 1 is 1.04 bits per heavy atom. The van der Waals surface area contributed by atoms with Gasteiger partial charge in [0.1, 0.15) is 0 Å². The Morgan fingerprint density at radius 3 is 2.37 bits per heavy atom. The lowest BCUT2D eigenvalue weighted by Crippen LogP contribution is -2.59. The van der Waals surface area contributed by atoms with Crippen LogP contribution in [0.1, 0.15) is 60.9 Å². The van der Waals surface area contributed by atoms with Crippen LogP contribution in [0.25, 0.3) is 0 Å². The third-order valence-corrected chi connectivity index (χ3v) is 6.03. The van der Waals surface area contributed by atoms with Crippen LogP contribution in [0.2, 0.25) is 0 Å². The van der Waals surface area contributed by atoms with Gasteiger partial charge in [0.25, 0.3) is 0 Å². The monoisotopic (exact) mass is 372 g/mol. The van der Waals surface area contributed by atoms with Gasteiger partial charge in [0.05, 0.1) is 13.2 Å². The number of rotatable bonds is 7. The second kappa shape index (κ2) is 9.47. The number of carbonyl (C=O) groups excluding carboxylic acids is 2. The van der Waals surface area contributed by atoms with Crippen molar-refractivity contribution in [2.45, 2.75) is 57.4 Å². The summed E-state index contributed by atoms with van der Waals surface area (Å²) in [6, 6.07) is 7.54. The molecule has 0 atom stereocenters. The smallest absolute Gasteiger partial charge is 0.220 e. The lowest BCUT2D eigenvalue weighted by Gasteiger charge is -2.48. The van der Waals surface area contributed by atoms with E-state index in [1.54, 1.807) is 0 Å². The topological polar surface area (TPSA) is 58.6 Å². The van der Waals surface area contributed by atoms with Crippen LogP contribution in [0.15, 0.2) is 24.3 Å². The molecule has 148 valence electrons. The Labute approximate surface area is 162 Å². The number of hydrogen-bond acceptors (Lipinski definition) is 4. The van der Waals surface area contributed by atoms with Crippen LogP contribution in [-0.4, -0.2) is 55.0 Å². The van der Waals surface area contributed by atoms with Crippen molar-refractivity contribution in [2.24, 2.45) is 0 Å². The molecule has 1 aliphatic carbocycles. The second-order valence-corrected chi connectivity index (χ2v) is 7.95. The predicted molar refractivity (Wildman–Crippen MR) is 106 cm³/mol. The maximum absolute atomic E-state index is 12.4. The highest BCUT2D eigenvalue weighted by Gasteiger charge is 2.38. The number of aryl methyl sites for hydroxylation is 1. The van der Waals surface area contributed by atoms with Crippen LogP contribution in [0.3, 0.4) is 0 Å². The Morgan fingerprint density at radius 2 is 1.70 bits per heavy atom. The minimum Gasteiger partial charge on any atom is -0.379 e. The molecule has 1 N–H and O–H groups in total.